The van der Waals surface area contributed by atoms with Gasteiger partial charge >= 0.3 is 11.9 Å². The monoisotopic (exact) mass is 293 g/mol. The van der Waals surface area contributed by atoms with E-state index in [2.05, 4.69) is 0 Å². The van der Waals surface area contributed by atoms with Crippen molar-refractivity contribution in [3.8, 4) is 0 Å². The van der Waals surface area contributed by atoms with Crippen LogP contribution in [0.2, 0.25) is 0 Å². The lowest BCUT2D eigenvalue weighted by atomic mass is 10.1. The number of ether oxygens (including phenoxy) is 2. The van der Waals surface area contributed by atoms with Gasteiger partial charge in [-0.2, -0.15) is 0 Å². The normalized spacial score (nSPS) is 12.9. The summed E-state index contributed by atoms with van der Waals surface area (Å²) in [5.41, 5.74) is 0. The Kier molecular flexibility index (Phi) is 11.9. The third kappa shape index (κ3) is 10.5. The summed E-state index contributed by atoms with van der Waals surface area (Å²) in [4.78, 5) is 33.0. The Morgan fingerprint density at radius 2 is 1.85 bits per heavy atom. The molecule has 0 aromatic carbocycles. The molecule has 2 atom stereocenters. The van der Waals surface area contributed by atoms with Crippen LogP contribution in [0.4, 0.5) is 0 Å². The third-order valence-corrected chi connectivity index (χ3v) is 2.68. The molecule has 0 heterocycles. The van der Waals surface area contributed by atoms with Gasteiger partial charge in [0.1, 0.15) is 11.9 Å². The summed E-state index contributed by atoms with van der Waals surface area (Å²) in [7, 11) is 1.38. The lowest BCUT2D eigenvalue weighted by molar-refractivity contribution is -0.162. The van der Waals surface area contributed by atoms with E-state index in [1.165, 1.54) is 21.0 Å². The van der Waals surface area contributed by atoms with Crippen molar-refractivity contribution in [2.24, 2.45) is 0 Å². The summed E-state index contributed by atoms with van der Waals surface area (Å²) in [6.07, 6.45) is 0.587. The molecule has 0 aliphatic heterocycles. The molecule has 0 aliphatic carbocycles. The molecule has 0 fully saturated rings. The molecule has 1 N–H and O–H groups in total. The van der Waals surface area contributed by atoms with Crippen molar-refractivity contribution in [3.05, 3.63) is 0 Å². The van der Waals surface area contributed by atoms with E-state index in [1.54, 1.807) is 0 Å². The van der Waals surface area contributed by atoms with Gasteiger partial charge in [0.25, 0.3) is 0 Å². The molecule has 2 unspecified atom stereocenters. The van der Waals surface area contributed by atoms with Crippen molar-refractivity contribution >= 4 is 17.7 Å². The minimum Gasteiger partial charge on any atom is -0.481 e. The average molecular weight is 293 g/mol. The summed E-state index contributed by atoms with van der Waals surface area (Å²) >= 11 is 0. The zero-order valence-corrected chi connectivity index (χ0v) is 11.7. The standard InChI is InChI=1S/C13H22O6.CH4.H2/c1-9(14)6-4-5-7-11(8-12(15)16)19-13(17)10(2)18-3;;/h10-11H,4-8H2,1-3H3,(H,15,16);1H4;1H/i;;1+1. The van der Waals surface area contributed by atoms with Crippen LogP contribution in [0.1, 0.15) is 54.8 Å². The van der Waals surface area contributed by atoms with Crippen LogP contribution >= 0.6 is 0 Å². The second-order valence-corrected chi connectivity index (χ2v) is 4.48. The summed E-state index contributed by atoms with van der Waals surface area (Å²) in [6.45, 7) is 3.05. The fourth-order valence-electron chi connectivity index (χ4n) is 1.50. The molecule has 0 saturated carbocycles. The van der Waals surface area contributed by atoms with Gasteiger partial charge in [0.15, 0.2) is 6.10 Å². The van der Waals surface area contributed by atoms with Crippen molar-refractivity contribution in [1.82, 2.24) is 0 Å². The maximum absolute atomic E-state index is 11.5. The zero-order valence-electron chi connectivity index (χ0n) is 11.7. The highest BCUT2D eigenvalue weighted by Gasteiger charge is 2.21. The molecule has 0 rings (SSSR count). The molecule has 0 spiro atoms. The number of carboxylic acids is 1. The van der Waals surface area contributed by atoms with Gasteiger partial charge in [-0.15, -0.1) is 0 Å². The van der Waals surface area contributed by atoms with E-state index < -0.39 is 24.1 Å². The Bertz CT molecular complexity index is 319. The first-order valence-corrected chi connectivity index (χ1v) is 6.31. The summed E-state index contributed by atoms with van der Waals surface area (Å²) in [5.74, 6) is -1.49. The number of esters is 1. The molecule has 0 amide bonds. The summed E-state index contributed by atoms with van der Waals surface area (Å²) in [5, 5.41) is 8.76. The number of Topliss-reactive ketones (excluding diaryl/α,β-unsaturated/α-hetero) is 1. The molecule has 6 nitrogen and oxygen atoms in total. The van der Waals surface area contributed by atoms with Gasteiger partial charge in [0.05, 0.1) is 6.42 Å². The Labute approximate surface area is 121 Å². The van der Waals surface area contributed by atoms with E-state index in [0.29, 0.717) is 25.7 Å². The first kappa shape index (κ1) is 20.9. The number of carbonyl (C=O) groups is 3. The van der Waals surface area contributed by atoms with E-state index in [9.17, 15) is 14.4 Å². The molecule has 120 valence electrons. The quantitative estimate of drug-likeness (QED) is 0.491. The Balaban J connectivity index is -0.00000162. The molecule has 0 saturated heterocycles. The van der Waals surface area contributed by atoms with E-state index in [4.69, 9.17) is 14.6 Å². The van der Waals surface area contributed by atoms with Crippen LogP contribution in [-0.2, 0) is 23.9 Å². The van der Waals surface area contributed by atoms with Gasteiger partial charge in [-0.1, -0.05) is 7.43 Å². The van der Waals surface area contributed by atoms with Crippen LogP contribution in [0.5, 0.6) is 0 Å². The Morgan fingerprint density at radius 1 is 1.25 bits per heavy atom. The Morgan fingerprint density at radius 3 is 2.30 bits per heavy atom. The number of unbranched alkanes of at least 4 members (excludes halogenated alkanes) is 1. The third-order valence-electron chi connectivity index (χ3n) is 2.68. The molecule has 0 bridgehead atoms. The molecule has 0 aromatic rings. The lowest BCUT2D eigenvalue weighted by Gasteiger charge is -2.18. The predicted octanol–water partition coefficient (Wildman–Crippen LogP) is 2.44. The first-order valence-electron chi connectivity index (χ1n) is 6.31. The maximum Gasteiger partial charge on any atom is 0.335 e. The van der Waals surface area contributed by atoms with E-state index in [1.807, 2.05) is 0 Å². The summed E-state index contributed by atoms with van der Waals surface area (Å²) in [6, 6.07) is 0. The Hall–Kier alpha value is -1.43. The lowest BCUT2D eigenvalue weighted by Crippen LogP contribution is -2.29. The van der Waals surface area contributed by atoms with Crippen LogP contribution in [0.3, 0.4) is 0 Å². The summed E-state index contributed by atoms with van der Waals surface area (Å²) < 4.78 is 9.90. The smallest absolute Gasteiger partial charge is 0.335 e. The van der Waals surface area contributed by atoms with Gasteiger partial charge in [-0.3, -0.25) is 4.79 Å². The number of carbonyl (C=O) groups excluding carboxylic acids is 2. The molecule has 0 aliphatic rings. The molecule has 0 aromatic heterocycles. The van der Waals surface area contributed by atoms with Crippen LogP contribution in [0.25, 0.3) is 0 Å². The molecular weight excluding hydrogens is 264 g/mol. The topological polar surface area (TPSA) is 89.9 Å². The van der Waals surface area contributed by atoms with Crippen molar-refractivity contribution in [3.63, 3.8) is 0 Å². The number of aliphatic carboxylic acids is 1. The van der Waals surface area contributed by atoms with Gasteiger partial charge < -0.3 is 19.4 Å². The van der Waals surface area contributed by atoms with Gasteiger partial charge in [-0.25, -0.2) is 4.79 Å². The fraction of sp³-hybridized carbons (Fsp3) is 0.786. The number of hydrogen-bond donors (Lipinski definition) is 1. The van der Waals surface area contributed by atoms with Gasteiger partial charge in [-0.05, 0) is 33.1 Å². The molecule has 0 radical (unpaired) electrons. The van der Waals surface area contributed by atoms with Crippen LogP contribution in [0.15, 0.2) is 0 Å². The average Bonchev–Trinajstić information content (AvgIpc) is 2.32. The molecule has 20 heavy (non-hydrogen) atoms. The number of carboxylic acid groups (broad SMARTS) is 1. The highest BCUT2D eigenvalue weighted by atomic mass is 16.6. The van der Waals surface area contributed by atoms with Crippen molar-refractivity contribution in [2.45, 2.75) is 65.6 Å². The van der Waals surface area contributed by atoms with Crippen LogP contribution in [0, 0.1) is 0 Å². The second kappa shape index (κ2) is 11.4. The number of hydrogen-bond acceptors (Lipinski definition) is 5. The minimum absolute atomic E-state index is 0. The van der Waals surface area contributed by atoms with Crippen LogP contribution < -0.4 is 0 Å². The van der Waals surface area contributed by atoms with Crippen molar-refractivity contribution in [1.29, 1.82) is 0 Å². The van der Waals surface area contributed by atoms with Gasteiger partial charge in [0, 0.05) is 15.0 Å². The number of methoxy groups -OCH3 is 1. The van der Waals surface area contributed by atoms with Crippen molar-refractivity contribution < 1.29 is 30.4 Å². The predicted molar refractivity (Wildman–Crippen MR) is 76.6 cm³/mol. The first-order chi connectivity index (χ1) is 8.86. The second-order valence-electron chi connectivity index (χ2n) is 4.48. The zero-order chi connectivity index (χ0) is 14.8. The maximum atomic E-state index is 11.5. The highest BCUT2D eigenvalue weighted by Crippen LogP contribution is 2.12. The molecular formula is C14H28O6. The van der Waals surface area contributed by atoms with E-state index >= 15 is 0 Å². The number of ketones is 1. The SMILES string of the molecule is C.COC(C)C(=O)OC(CCCCC(C)=O)CC(=O)O.[2HH]. The molecule has 6 heteroatoms. The minimum atomic E-state index is -1.02. The van der Waals surface area contributed by atoms with Gasteiger partial charge in [0.2, 0.25) is 0 Å². The fourth-order valence-corrected chi connectivity index (χ4v) is 1.50. The van der Waals surface area contributed by atoms with Crippen LogP contribution in [-0.4, -0.2) is 42.1 Å². The highest BCUT2D eigenvalue weighted by molar-refractivity contribution is 5.75. The largest absolute Gasteiger partial charge is 0.481 e. The van der Waals surface area contributed by atoms with E-state index in [0.717, 1.165) is 0 Å². The van der Waals surface area contributed by atoms with Crippen molar-refractivity contribution in [2.75, 3.05) is 7.11 Å². The van der Waals surface area contributed by atoms with E-state index in [-0.39, 0.29) is 21.1 Å². The number of rotatable bonds is 10.